The summed E-state index contributed by atoms with van der Waals surface area (Å²) in [6.45, 7) is 1.74. The van der Waals surface area contributed by atoms with Crippen LogP contribution >= 0.6 is 0 Å². The van der Waals surface area contributed by atoms with E-state index < -0.39 is 0 Å². The highest BCUT2D eigenvalue weighted by molar-refractivity contribution is 5.03. The van der Waals surface area contributed by atoms with Crippen LogP contribution in [0.25, 0.3) is 0 Å². The van der Waals surface area contributed by atoms with E-state index in [1.165, 1.54) is 25.7 Å². The SMILES string of the molecule is NC(Cc1ccn(C2CCCC2)n1)C1CCOCC1. The summed E-state index contributed by atoms with van der Waals surface area (Å²) in [6, 6.07) is 3.02. The predicted octanol–water partition coefficient (Wildman–Crippen LogP) is 2.29. The van der Waals surface area contributed by atoms with E-state index in [2.05, 4.69) is 16.9 Å². The molecule has 1 saturated carbocycles. The highest BCUT2D eigenvalue weighted by atomic mass is 16.5. The van der Waals surface area contributed by atoms with Gasteiger partial charge in [-0.15, -0.1) is 0 Å². The first-order chi connectivity index (χ1) is 9.33. The summed E-state index contributed by atoms with van der Waals surface area (Å²) >= 11 is 0. The molecule has 4 heteroatoms. The summed E-state index contributed by atoms with van der Waals surface area (Å²) in [6.07, 6.45) is 10.5. The molecule has 0 spiro atoms. The van der Waals surface area contributed by atoms with Crippen molar-refractivity contribution >= 4 is 0 Å². The zero-order valence-electron chi connectivity index (χ0n) is 11.6. The molecule has 3 rings (SSSR count). The van der Waals surface area contributed by atoms with Crippen LogP contribution in [-0.4, -0.2) is 29.0 Å². The van der Waals surface area contributed by atoms with Crippen LogP contribution in [0.4, 0.5) is 0 Å². The number of aromatic nitrogens is 2. The van der Waals surface area contributed by atoms with Gasteiger partial charge in [0.05, 0.1) is 11.7 Å². The lowest BCUT2D eigenvalue weighted by atomic mass is 9.90. The van der Waals surface area contributed by atoms with Gasteiger partial charge in [-0.3, -0.25) is 4.68 Å². The molecule has 1 aromatic heterocycles. The third-order valence-electron chi connectivity index (χ3n) is 4.68. The smallest absolute Gasteiger partial charge is 0.0640 e. The Morgan fingerprint density at radius 1 is 1.26 bits per heavy atom. The quantitative estimate of drug-likeness (QED) is 0.907. The Kier molecular flexibility index (Phi) is 4.18. The topological polar surface area (TPSA) is 53.1 Å². The summed E-state index contributed by atoms with van der Waals surface area (Å²) in [5.74, 6) is 0.602. The van der Waals surface area contributed by atoms with Crippen LogP contribution in [0.2, 0.25) is 0 Å². The van der Waals surface area contributed by atoms with Crippen molar-refractivity contribution in [3.8, 4) is 0 Å². The van der Waals surface area contributed by atoms with E-state index in [4.69, 9.17) is 15.6 Å². The Morgan fingerprint density at radius 2 is 2.00 bits per heavy atom. The molecule has 1 atom stereocenters. The lowest BCUT2D eigenvalue weighted by molar-refractivity contribution is 0.0583. The largest absolute Gasteiger partial charge is 0.381 e. The molecule has 0 bridgehead atoms. The van der Waals surface area contributed by atoms with Crippen molar-refractivity contribution in [2.45, 2.75) is 57.0 Å². The average molecular weight is 263 g/mol. The minimum Gasteiger partial charge on any atom is -0.381 e. The Balaban J connectivity index is 1.56. The van der Waals surface area contributed by atoms with E-state index in [9.17, 15) is 0 Å². The molecule has 0 radical (unpaired) electrons. The zero-order chi connectivity index (χ0) is 13.1. The van der Waals surface area contributed by atoms with Crippen molar-refractivity contribution in [3.63, 3.8) is 0 Å². The molecular formula is C15H25N3O. The molecule has 2 aliphatic rings. The fourth-order valence-electron chi connectivity index (χ4n) is 3.41. The van der Waals surface area contributed by atoms with Gasteiger partial charge >= 0.3 is 0 Å². The van der Waals surface area contributed by atoms with Gasteiger partial charge in [-0.1, -0.05) is 12.8 Å². The van der Waals surface area contributed by atoms with Gasteiger partial charge in [0.2, 0.25) is 0 Å². The number of hydrogen-bond donors (Lipinski definition) is 1. The second-order valence-corrected chi connectivity index (χ2v) is 6.04. The average Bonchev–Trinajstić information content (AvgIpc) is 3.10. The van der Waals surface area contributed by atoms with Crippen LogP contribution in [0, 0.1) is 5.92 Å². The summed E-state index contributed by atoms with van der Waals surface area (Å²) in [5, 5.41) is 4.73. The molecule has 0 amide bonds. The van der Waals surface area contributed by atoms with Crippen molar-refractivity contribution in [1.29, 1.82) is 0 Å². The fraction of sp³-hybridized carbons (Fsp3) is 0.800. The van der Waals surface area contributed by atoms with Gasteiger partial charge in [-0.05, 0) is 37.7 Å². The first kappa shape index (κ1) is 13.1. The van der Waals surface area contributed by atoms with E-state index >= 15 is 0 Å². The Labute approximate surface area is 115 Å². The summed E-state index contributed by atoms with van der Waals surface area (Å²) < 4.78 is 7.56. The van der Waals surface area contributed by atoms with Crippen molar-refractivity contribution in [1.82, 2.24) is 9.78 Å². The minimum atomic E-state index is 0.232. The van der Waals surface area contributed by atoms with Crippen molar-refractivity contribution in [2.24, 2.45) is 11.7 Å². The molecule has 106 valence electrons. The standard InChI is InChI=1S/C15H25N3O/c16-15(12-6-9-19-10-7-12)11-13-5-8-18(17-13)14-3-1-2-4-14/h5,8,12,14-15H,1-4,6-7,9-11,16H2. The molecule has 19 heavy (non-hydrogen) atoms. The van der Waals surface area contributed by atoms with Gasteiger partial charge in [0.15, 0.2) is 0 Å². The molecular weight excluding hydrogens is 238 g/mol. The van der Waals surface area contributed by atoms with Gasteiger partial charge in [-0.25, -0.2) is 0 Å². The normalized spacial score (nSPS) is 23.8. The monoisotopic (exact) mass is 263 g/mol. The lowest BCUT2D eigenvalue weighted by Gasteiger charge is -2.27. The Hall–Kier alpha value is -0.870. The molecule has 2 N–H and O–H groups in total. The second-order valence-electron chi connectivity index (χ2n) is 6.04. The molecule has 4 nitrogen and oxygen atoms in total. The first-order valence-electron chi connectivity index (χ1n) is 7.70. The molecule has 1 aromatic rings. The maximum Gasteiger partial charge on any atom is 0.0640 e. The first-order valence-corrected chi connectivity index (χ1v) is 7.70. The fourth-order valence-corrected chi connectivity index (χ4v) is 3.41. The second kappa shape index (κ2) is 6.06. The maximum atomic E-state index is 6.34. The Morgan fingerprint density at radius 3 is 2.74 bits per heavy atom. The molecule has 0 aromatic carbocycles. The van der Waals surface area contributed by atoms with Gasteiger partial charge < -0.3 is 10.5 Å². The van der Waals surface area contributed by atoms with Crippen LogP contribution in [0.5, 0.6) is 0 Å². The maximum absolute atomic E-state index is 6.34. The van der Waals surface area contributed by atoms with Crippen molar-refractivity contribution < 1.29 is 4.74 Å². The van der Waals surface area contributed by atoms with Crippen LogP contribution in [0.15, 0.2) is 12.3 Å². The summed E-state index contributed by atoms with van der Waals surface area (Å²) in [4.78, 5) is 0. The van der Waals surface area contributed by atoms with E-state index in [-0.39, 0.29) is 6.04 Å². The number of ether oxygens (including phenoxy) is 1. The molecule has 2 heterocycles. The van der Waals surface area contributed by atoms with E-state index in [0.29, 0.717) is 12.0 Å². The number of nitrogens with two attached hydrogens (primary N) is 1. The molecule has 1 aliphatic carbocycles. The predicted molar refractivity (Wildman–Crippen MR) is 75.0 cm³/mol. The van der Waals surface area contributed by atoms with Crippen LogP contribution in [0.1, 0.15) is 50.3 Å². The minimum absolute atomic E-state index is 0.232. The Bertz CT molecular complexity index is 392. The third-order valence-corrected chi connectivity index (χ3v) is 4.68. The summed E-state index contributed by atoms with van der Waals surface area (Å²) in [7, 11) is 0. The number of rotatable bonds is 4. The van der Waals surface area contributed by atoms with Crippen LogP contribution < -0.4 is 5.73 Å². The van der Waals surface area contributed by atoms with Crippen molar-refractivity contribution in [3.05, 3.63) is 18.0 Å². The van der Waals surface area contributed by atoms with Gasteiger partial charge in [0.25, 0.3) is 0 Å². The van der Waals surface area contributed by atoms with E-state index in [0.717, 1.165) is 38.2 Å². The highest BCUT2D eigenvalue weighted by Crippen LogP contribution is 2.29. The summed E-state index contributed by atoms with van der Waals surface area (Å²) in [5.41, 5.74) is 7.50. The molecule has 1 aliphatic heterocycles. The number of hydrogen-bond acceptors (Lipinski definition) is 3. The number of nitrogens with zero attached hydrogens (tertiary/aromatic N) is 2. The third kappa shape index (κ3) is 3.18. The molecule has 2 fully saturated rings. The molecule has 1 saturated heterocycles. The zero-order valence-corrected chi connectivity index (χ0v) is 11.6. The van der Waals surface area contributed by atoms with Gasteiger partial charge in [0.1, 0.15) is 0 Å². The van der Waals surface area contributed by atoms with Crippen molar-refractivity contribution in [2.75, 3.05) is 13.2 Å². The van der Waals surface area contributed by atoms with E-state index in [1.807, 2.05) is 0 Å². The van der Waals surface area contributed by atoms with Gasteiger partial charge in [-0.2, -0.15) is 5.10 Å². The van der Waals surface area contributed by atoms with E-state index in [1.54, 1.807) is 0 Å². The van der Waals surface area contributed by atoms with Gasteiger partial charge in [0, 0.05) is 31.9 Å². The molecule has 1 unspecified atom stereocenters. The lowest BCUT2D eigenvalue weighted by Crippen LogP contribution is -2.36. The van der Waals surface area contributed by atoms with Crippen LogP contribution in [-0.2, 0) is 11.2 Å². The highest BCUT2D eigenvalue weighted by Gasteiger charge is 2.23. The van der Waals surface area contributed by atoms with Crippen LogP contribution in [0.3, 0.4) is 0 Å².